The lowest BCUT2D eigenvalue weighted by molar-refractivity contribution is 0.0923. The molecule has 5 nitrogen and oxygen atoms in total. The zero-order valence-corrected chi connectivity index (χ0v) is 13.1. The first kappa shape index (κ1) is 15.2. The second-order valence-corrected chi connectivity index (χ2v) is 5.13. The normalized spacial score (nSPS) is 12.2. The molecule has 0 aliphatic carbocycles. The van der Waals surface area contributed by atoms with Crippen LogP contribution in [0.25, 0.3) is 0 Å². The number of nitrogens with zero attached hydrogens (tertiary/aromatic N) is 3. The Morgan fingerprint density at radius 1 is 1.38 bits per heavy atom. The summed E-state index contributed by atoms with van der Waals surface area (Å²) in [6.45, 7) is 8.60. The van der Waals surface area contributed by atoms with E-state index >= 15 is 0 Å². The molecular weight excluding hydrogens is 264 g/mol. The lowest BCUT2D eigenvalue weighted by atomic mass is 10.1. The third-order valence-electron chi connectivity index (χ3n) is 3.53. The minimum atomic E-state index is -0.102. The fourth-order valence-electron chi connectivity index (χ4n) is 2.43. The van der Waals surface area contributed by atoms with Crippen molar-refractivity contribution in [1.82, 2.24) is 20.1 Å². The summed E-state index contributed by atoms with van der Waals surface area (Å²) in [7, 11) is 0. The standard InChI is InChI=1S/C16H22N4O/c1-5-13(15-11(3)8-7-9-17-15)18-16(21)14-10-12(4)19-20(14)6-2/h7-10,13H,5-6H2,1-4H3,(H,18,21). The van der Waals surface area contributed by atoms with Crippen LogP contribution in [0.5, 0.6) is 0 Å². The number of pyridine rings is 1. The van der Waals surface area contributed by atoms with E-state index in [1.165, 1.54) is 0 Å². The van der Waals surface area contributed by atoms with Crippen LogP contribution in [0.2, 0.25) is 0 Å². The number of carbonyl (C=O) groups is 1. The van der Waals surface area contributed by atoms with Gasteiger partial charge in [0.05, 0.1) is 17.4 Å². The molecule has 1 N–H and O–H groups in total. The number of carbonyl (C=O) groups excluding carboxylic acids is 1. The molecule has 0 aliphatic rings. The first-order valence-electron chi connectivity index (χ1n) is 7.33. The van der Waals surface area contributed by atoms with E-state index < -0.39 is 0 Å². The summed E-state index contributed by atoms with van der Waals surface area (Å²) in [5, 5.41) is 7.38. The highest BCUT2D eigenvalue weighted by molar-refractivity contribution is 5.93. The molecule has 21 heavy (non-hydrogen) atoms. The molecule has 0 bridgehead atoms. The van der Waals surface area contributed by atoms with Gasteiger partial charge in [-0.05, 0) is 44.9 Å². The van der Waals surface area contributed by atoms with Crippen LogP contribution >= 0.6 is 0 Å². The predicted molar refractivity (Wildman–Crippen MR) is 82.1 cm³/mol. The zero-order chi connectivity index (χ0) is 15.4. The van der Waals surface area contributed by atoms with Crippen LogP contribution in [-0.2, 0) is 6.54 Å². The van der Waals surface area contributed by atoms with Crippen LogP contribution in [0.15, 0.2) is 24.4 Å². The summed E-state index contributed by atoms with van der Waals surface area (Å²) in [4.78, 5) is 16.9. The third-order valence-corrected chi connectivity index (χ3v) is 3.53. The smallest absolute Gasteiger partial charge is 0.270 e. The van der Waals surface area contributed by atoms with Crippen molar-refractivity contribution in [2.45, 2.75) is 46.7 Å². The lowest BCUT2D eigenvalue weighted by Gasteiger charge is -2.18. The van der Waals surface area contributed by atoms with E-state index in [-0.39, 0.29) is 11.9 Å². The Balaban J connectivity index is 2.22. The summed E-state index contributed by atoms with van der Waals surface area (Å²) in [5.74, 6) is -0.102. The van der Waals surface area contributed by atoms with E-state index in [2.05, 4.69) is 15.4 Å². The Labute approximate surface area is 125 Å². The number of nitrogens with one attached hydrogen (secondary N) is 1. The van der Waals surface area contributed by atoms with E-state index in [1.807, 2.05) is 45.9 Å². The van der Waals surface area contributed by atoms with Crippen LogP contribution in [0, 0.1) is 13.8 Å². The third kappa shape index (κ3) is 3.29. The molecule has 2 aromatic rings. The molecule has 0 saturated heterocycles. The van der Waals surface area contributed by atoms with Crippen LogP contribution in [0.4, 0.5) is 0 Å². The maximum Gasteiger partial charge on any atom is 0.270 e. The van der Waals surface area contributed by atoms with Crippen molar-refractivity contribution in [1.29, 1.82) is 0 Å². The molecule has 2 heterocycles. The van der Waals surface area contributed by atoms with Crippen LogP contribution in [0.3, 0.4) is 0 Å². The molecule has 5 heteroatoms. The number of amides is 1. The second kappa shape index (κ2) is 6.52. The molecule has 0 radical (unpaired) electrons. The number of aromatic nitrogens is 3. The van der Waals surface area contributed by atoms with Crippen molar-refractivity contribution in [3.63, 3.8) is 0 Å². The molecule has 0 fully saturated rings. The molecule has 2 aromatic heterocycles. The van der Waals surface area contributed by atoms with Gasteiger partial charge in [-0.15, -0.1) is 0 Å². The van der Waals surface area contributed by atoms with E-state index in [4.69, 9.17) is 0 Å². The second-order valence-electron chi connectivity index (χ2n) is 5.13. The Bertz CT molecular complexity index is 633. The van der Waals surface area contributed by atoms with Gasteiger partial charge in [-0.1, -0.05) is 13.0 Å². The van der Waals surface area contributed by atoms with E-state index in [0.717, 1.165) is 23.4 Å². The Morgan fingerprint density at radius 3 is 2.76 bits per heavy atom. The zero-order valence-electron chi connectivity index (χ0n) is 13.1. The monoisotopic (exact) mass is 286 g/mol. The van der Waals surface area contributed by atoms with Gasteiger partial charge in [0, 0.05) is 12.7 Å². The number of hydrogen-bond acceptors (Lipinski definition) is 3. The van der Waals surface area contributed by atoms with Crippen molar-refractivity contribution in [3.05, 3.63) is 47.0 Å². The molecule has 1 amide bonds. The van der Waals surface area contributed by atoms with Gasteiger partial charge in [0.2, 0.25) is 0 Å². The first-order valence-corrected chi connectivity index (χ1v) is 7.33. The first-order chi connectivity index (χ1) is 10.1. The molecule has 0 saturated carbocycles. The van der Waals surface area contributed by atoms with Crippen molar-refractivity contribution < 1.29 is 4.79 Å². The molecule has 1 unspecified atom stereocenters. The Kier molecular flexibility index (Phi) is 4.73. The largest absolute Gasteiger partial charge is 0.342 e. The van der Waals surface area contributed by atoms with Crippen molar-refractivity contribution in [2.75, 3.05) is 0 Å². The van der Waals surface area contributed by atoms with E-state index in [1.54, 1.807) is 10.9 Å². The fraction of sp³-hybridized carbons (Fsp3) is 0.438. The molecule has 0 aromatic carbocycles. The number of rotatable bonds is 5. The number of aryl methyl sites for hydroxylation is 3. The van der Waals surface area contributed by atoms with Gasteiger partial charge in [0.15, 0.2) is 0 Å². The van der Waals surface area contributed by atoms with E-state index in [9.17, 15) is 4.79 Å². The predicted octanol–water partition coefficient (Wildman–Crippen LogP) is 2.80. The Hall–Kier alpha value is -2.17. The molecular formula is C16H22N4O. The minimum absolute atomic E-state index is 0.0841. The molecule has 112 valence electrons. The van der Waals surface area contributed by atoms with Gasteiger partial charge in [0.1, 0.15) is 5.69 Å². The molecule has 0 aliphatic heterocycles. The maximum absolute atomic E-state index is 12.5. The summed E-state index contributed by atoms with van der Waals surface area (Å²) in [6.07, 6.45) is 2.56. The average molecular weight is 286 g/mol. The molecule has 2 rings (SSSR count). The van der Waals surface area contributed by atoms with Crippen molar-refractivity contribution in [3.8, 4) is 0 Å². The quantitative estimate of drug-likeness (QED) is 0.919. The van der Waals surface area contributed by atoms with Crippen LogP contribution in [-0.4, -0.2) is 20.7 Å². The van der Waals surface area contributed by atoms with Crippen molar-refractivity contribution in [2.24, 2.45) is 0 Å². The molecule has 1 atom stereocenters. The summed E-state index contributed by atoms with van der Waals surface area (Å²) in [6, 6.07) is 5.65. The van der Waals surface area contributed by atoms with Gasteiger partial charge in [-0.25, -0.2) is 0 Å². The lowest BCUT2D eigenvalue weighted by Crippen LogP contribution is -2.31. The average Bonchev–Trinajstić information content (AvgIpc) is 2.86. The van der Waals surface area contributed by atoms with Gasteiger partial charge in [-0.3, -0.25) is 14.5 Å². The fourth-order valence-corrected chi connectivity index (χ4v) is 2.43. The SMILES string of the molecule is CCC(NC(=O)c1cc(C)nn1CC)c1ncccc1C. The van der Waals surface area contributed by atoms with Gasteiger partial charge < -0.3 is 5.32 Å². The highest BCUT2D eigenvalue weighted by Crippen LogP contribution is 2.18. The Morgan fingerprint density at radius 2 is 2.14 bits per heavy atom. The topological polar surface area (TPSA) is 59.8 Å². The summed E-state index contributed by atoms with van der Waals surface area (Å²) in [5.41, 5.74) is 3.46. The maximum atomic E-state index is 12.5. The highest BCUT2D eigenvalue weighted by Gasteiger charge is 2.19. The summed E-state index contributed by atoms with van der Waals surface area (Å²) >= 11 is 0. The summed E-state index contributed by atoms with van der Waals surface area (Å²) < 4.78 is 1.72. The van der Waals surface area contributed by atoms with Gasteiger partial charge in [0.25, 0.3) is 5.91 Å². The van der Waals surface area contributed by atoms with Gasteiger partial charge in [-0.2, -0.15) is 5.10 Å². The van der Waals surface area contributed by atoms with Crippen LogP contribution < -0.4 is 5.32 Å². The molecule has 0 spiro atoms. The number of hydrogen-bond donors (Lipinski definition) is 1. The van der Waals surface area contributed by atoms with Crippen LogP contribution in [0.1, 0.15) is 53.7 Å². The van der Waals surface area contributed by atoms with Crippen molar-refractivity contribution >= 4 is 5.91 Å². The highest BCUT2D eigenvalue weighted by atomic mass is 16.2. The van der Waals surface area contributed by atoms with Gasteiger partial charge >= 0.3 is 0 Å². The minimum Gasteiger partial charge on any atom is -0.342 e. The van der Waals surface area contributed by atoms with E-state index in [0.29, 0.717) is 12.2 Å².